The van der Waals surface area contributed by atoms with Gasteiger partial charge in [0, 0.05) is 24.7 Å². The van der Waals surface area contributed by atoms with Gasteiger partial charge in [-0.05, 0) is 37.5 Å². The molecule has 29 heavy (non-hydrogen) atoms. The van der Waals surface area contributed by atoms with E-state index in [0.29, 0.717) is 25.9 Å². The molecule has 3 aromatic rings. The van der Waals surface area contributed by atoms with Crippen molar-refractivity contribution in [3.8, 4) is 11.3 Å². The van der Waals surface area contributed by atoms with E-state index in [-0.39, 0.29) is 23.1 Å². The third-order valence-electron chi connectivity index (χ3n) is 5.40. The highest BCUT2D eigenvalue weighted by Crippen LogP contribution is 2.25. The van der Waals surface area contributed by atoms with Gasteiger partial charge < -0.3 is 4.90 Å². The lowest BCUT2D eigenvalue weighted by molar-refractivity contribution is 0.0683. The minimum atomic E-state index is -0.511. The number of hydrogen-bond donors (Lipinski definition) is 0. The van der Waals surface area contributed by atoms with Gasteiger partial charge in [-0.2, -0.15) is 5.10 Å². The Hall–Kier alpha value is -3.28. The summed E-state index contributed by atoms with van der Waals surface area (Å²) >= 11 is 0. The number of halogens is 1. The lowest BCUT2D eigenvalue weighted by Gasteiger charge is -2.32. The molecule has 6 heteroatoms. The summed E-state index contributed by atoms with van der Waals surface area (Å²) in [6.45, 7) is 2.80. The van der Waals surface area contributed by atoms with Gasteiger partial charge in [-0.15, -0.1) is 0 Å². The van der Waals surface area contributed by atoms with E-state index in [2.05, 4.69) is 5.10 Å². The van der Waals surface area contributed by atoms with Crippen LogP contribution in [0.3, 0.4) is 0 Å². The molecule has 4 rings (SSSR count). The molecule has 0 spiro atoms. The highest BCUT2D eigenvalue weighted by Gasteiger charge is 2.27. The van der Waals surface area contributed by atoms with Crippen LogP contribution in [0, 0.1) is 12.7 Å². The van der Waals surface area contributed by atoms with Crippen molar-refractivity contribution in [2.45, 2.75) is 25.8 Å². The Labute approximate surface area is 168 Å². The molecule has 1 amide bonds. The Morgan fingerprint density at radius 3 is 2.38 bits per heavy atom. The smallest absolute Gasteiger partial charge is 0.267 e. The Morgan fingerprint density at radius 1 is 1.03 bits per heavy atom. The third kappa shape index (κ3) is 3.83. The fourth-order valence-electron chi connectivity index (χ4n) is 3.82. The topological polar surface area (TPSA) is 55.2 Å². The summed E-state index contributed by atoms with van der Waals surface area (Å²) in [6.07, 6.45) is 1.20. The second kappa shape index (κ2) is 7.99. The number of rotatable bonds is 3. The second-order valence-electron chi connectivity index (χ2n) is 7.33. The van der Waals surface area contributed by atoms with Gasteiger partial charge >= 0.3 is 0 Å². The molecule has 0 unspecified atom stereocenters. The van der Waals surface area contributed by atoms with Crippen LogP contribution in [-0.4, -0.2) is 33.7 Å². The summed E-state index contributed by atoms with van der Waals surface area (Å²) in [7, 11) is 0. The maximum absolute atomic E-state index is 13.9. The summed E-state index contributed by atoms with van der Waals surface area (Å²) in [5.41, 5.74) is 2.54. The maximum atomic E-state index is 13.9. The molecule has 5 nitrogen and oxygen atoms in total. The van der Waals surface area contributed by atoms with Gasteiger partial charge in [-0.3, -0.25) is 9.59 Å². The van der Waals surface area contributed by atoms with Crippen molar-refractivity contribution in [1.29, 1.82) is 0 Å². The number of benzene rings is 2. The van der Waals surface area contributed by atoms with E-state index in [4.69, 9.17) is 0 Å². The highest BCUT2D eigenvalue weighted by atomic mass is 19.1. The lowest BCUT2D eigenvalue weighted by atomic mass is 10.0. The Balaban J connectivity index is 1.54. The molecule has 0 radical (unpaired) electrons. The number of aromatic nitrogens is 2. The SMILES string of the molecule is Cc1cc(=O)n(C2CCN(C(=O)c3ccccc3F)CC2)nc1-c1ccccc1. The molecule has 1 aliphatic rings. The van der Waals surface area contributed by atoms with Crippen LogP contribution >= 0.6 is 0 Å². The average Bonchev–Trinajstić information content (AvgIpc) is 2.74. The summed E-state index contributed by atoms with van der Waals surface area (Å²) in [5, 5.41) is 4.65. The zero-order valence-electron chi connectivity index (χ0n) is 16.2. The van der Waals surface area contributed by atoms with Gasteiger partial charge in [0.1, 0.15) is 5.82 Å². The second-order valence-corrected chi connectivity index (χ2v) is 7.33. The zero-order chi connectivity index (χ0) is 20.4. The molecule has 1 aromatic heterocycles. The highest BCUT2D eigenvalue weighted by molar-refractivity contribution is 5.94. The van der Waals surface area contributed by atoms with E-state index >= 15 is 0 Å². The maximum Gasteiger partial charge on any atom is 0.267 e. The van der Waals surface area contributed by atoms with Crippen LogP contribution in [0.2, 0.25) is 0 Å². The van der Waals surface area contributed by atoms with Crippen molar-refractivity contribution in [3.63, 3.8) is 0 Å². The molecule has 2 aromatic carbocycles. The molecular formula is C23H22FN3O2. The number of likely N-dealkylation sites (tertiary alicyclic amines) is 1. The van der Waals surface area contributed by atoms with E-state index in [1.807, 2.05) is 37.3 Å². The number of carbonyl (C=O) groups excluding carboxylic acids is 1. The first-order valence-electron chi connectivity index (χ1n) is 9.74. The number of aryl methyl sites for hydroxylation is 1. The fraction of sp³-hybridized carbons (Fsp3) is 0.261. The Bertz CT molecular complexity index is 1090. The Morgan fingerprint density at radius 2 is 1.69 bits per heavy atom. The van der Waals surface area contributed by atoms with Crippen molar-refractivity contribution in [3.05, 3.63) is 88.0 Å². The van der Waals surface area contributed by atoms with Crippen LogP contribution < -0.4 is 5.56 Å². The molecule has 0 saturated carbocycles. The van der Waals surface area contributed by atoms with E-state index in [9.17, 15) is 14.0 Å². The number of amides is 1. The summed E-state index contributed by atoms with van der Waals surface area (Å²) in [4.78, 5) is 26.8. The first-order chi connectivity index (χ1) is 14.0. The molecule has 2 heterocycles. The van der Waals surface area contributed by atoms with Crippen molar-refractivity contribution >= 4 is 5.91 Å². The zero-order valence-corrected chi connectivity index (χ0v) is 16.2. The molecule has 0 atom stereocenters. The average molecular weight is 391 g/mol. The standard InChI is InChI=1S/C23H22FN3O2/c1-16-15-21(28)27(25-22(16)17-7-3-2-4-8-17)18-11-13-26(14-12-18)23(29)19-9-5-6-10-20(19)24/h2-10,15,18H,11-14H2,1H3. The molecule has 0 aliphatic carbocycles. The van der Waals surface area contributed by atoms with Crippen LogP contribution in [0.5, 0.6) is 0 Å². The van der Waals surface area contributed by atoms with Crippen LogP contribution in [0.1, 0.15) is 34.8 Å². The van der Waals surface area contributed by atoms with Gasteiger partial charge in [-0.25, -0.2) is 9.07 Å². The Kier molecular flexibility index (Phi) is 5.25. The van der Waals surface area contributed by atoms with Crippen LogP contribution in [0.4, 0.5) is 4.39 Å². The minimum Gasteiger partial charge on any atom is -0.338 e. The van der Waals surface area contributed by atoms with Gasteiger partial charge in [0.25, 0.3) is 11.5 Å². The predicted octanol–water partition coefficient (Wildman–Crippen LogP) is 3.84. The van der Waals surface area contributed by atoms with Crippen LogP contribution in [0.25, 0.3) is 11.3 Å². The van der Waals surface area contributed by atoms with Gasteiger partial charge in [0.2, 0.25) is 0 Å². The molecule has 1 saturated heterocycles. The first kappa shape index (κ1) is 19.1. The summed E-state index contributed by atoms with van der Waals surface area (Å²) in [6, 6.07) is 17.3. The first-order valence-corrected chi connectivity index (χ1v) is 9.74. The van der Waals surface area contributed by atoms with E-state index in [0.717, 1.165) is 16.8 Å². The largest absolute Gasteiger partial charge is 0.338 e. The molecule has 0 bridgehead atoms. The van der Waals surface area contributed by atoms with E-state index in [1.165, 1.54) is 12.1 Å². The van der Waals surface area contributed by atoms with Crippen molar-refractivity contribution in [2.75, 3.05) is 13.1 Å². The number of nitrogens with zero attached hydrogens (tertiary/aromatic N) is 3. The molecular weight excluding hydrogens is 369 g/mol. The number of carbonyl (C=O) groups is 1. The molecule has 148 valence electrons. The third-order valence-corrected chi connectivity index (χ3v) is 5.40. The molecule has 1 aliphatic heterocycles. The fourth-order valence-corrected chi connectivity index (χ4v) is 3.82. The normalized spacial score (nSPS) is 14.8. The van der Waals surface area contributed by atoms with Crippen molar-refractivity contribution < 1.29 is 9.18 Å². The van der Waals surface area contributed by atoms with Crippen LogP contribution in [-0.2, 0) is 0 Å². The minimum absolute atomic E-state index is 0.0861. The monoisotopic (exact) mass is 391 g/mol. The van der Waals surface area contributed by atoms with Crippen molar-refractivity contribution in [1.82, 2.24) is 14.7 Å². The summed E-state index contributed by atoms with van der Waals surface area (Å²) < 4.78 is 15.5. The molecule has 0 N–H and O–H groups in total. The van der Waals surface area contributed by atoms with Gasteiger partial charge in [0.05, 0.1) is 17.3 Å². The van der Waals surface area contributed by atoms with E-state index in [1.54, 1.807) is 27.8 Å². The summed E-state index contributed by atoms with van der Waals surface area (Å²) in [5.74, 6) is -0.820. The lowest BCUT2D eigenvalue weighted by Crippen LogP contribution is -2.41. The number of hydrogen-bond acceptors (Lipinski definition) is 3. The van der Waals surface area contributed by atoms with Gasteiger partial charge in [-0.1, -0.05) is 42.5 Å². The quantitative estimate of drug-likeness (QED) is 0.682. The number of piperidine rings is 1. The molecule has 1 fully saturated rings. The van der Waals surface area contributed by atoms with Crippen LogP contribution in [0.15, 0.2) is 65.5 Å². The van der Waals surface area contributed by atoms with Crippen molar-refractivity contribution in [2.24, 2.45) is 0 Å². The van der Waals surface area contributed by atoms with E-state index < -0.39 is 5.82 Å². The van der Waals surface area contributed by atoms with Gasteiger partial charge in [0.15, 0.2) is 0 Å². The predicted molar refractivity (Wildman–Crippen MR) is 109 cm³/mol.